The zero-order valence-electron chi connectivity index (χ0n) is 19.6. The van der Waals surface area contributed by atoms with Crippen molar-refractivity contribution in [1.29, 1.82) is 0 Å². The smallest absolute Gasteiger partial charge is 0.336 e. The first kappa shape index (κ1) is 26.3. The summed E-state index contributed by atoms with van der Waals surface area (Å²) in [5, 5.41) is 12.5. The molecule has 1 aliphatic carbocycles. The Labute approximate surface area is 211 Å². The van der Waals surface area contributed by atoms with Crippen LogP contribution < -0.4 is 15.7 Å². The minimum atomic E-state index is -5.21. The molecule has 0 radical (unpaired) electrons. The number of anilines is 1. The van der Waals surface area contributed by atoms with Crippen LogP contribution in [0.1, 0.15) is 24.2 Å². The number of nitrogens with one attached hydrogen (secondary N) is 2. The van der Waals surface area contributed by atoms with Gasteiger partial charge >= 0.3 is 5.97 Å². The molecule has 0 fully saturated rings. The van der Waals surface area contributed by atoms with Crippen LogP contribution in [0.15, 0.2) is 62.7 Å². The molecule has 1 heterocycles. The number of carbonyl (C=O) groups is 1. The van der Waals surface area contributed by atoms with Gasteiger partial charge in [-0.25, -0.2) is 26.6 Å². The van der Waals surface area contributed by atoms with Crippen LogP contribution >= 0.6 is 0 Å². The predicted octanol–water partition coefficient (Wildman–Crippen LogP) is 1.14. The molecule has 2 aliphatic rings. The summed E-state index contributed by atoms with van der Waals surface area (Å²) in [6.45, 7) is 3.81. The molecule has 0 amide bonds. The fourth-order valence-corrected chi connectivity index (χ4v) is 5.88. The zero-order chi connectivity index (χ0) is 27.1. The third-order valence-electron chi connectivity index (χ3n) is 5.63. The monoisotopic (exact) mass is 545 g/mol. The Morgan fingerprint density at radius 3 is 2.22 bits per heavy atom. The zero-order valence-corrected chi connectivity index (χ0v) is 21.2. The molecule has 37 heavy (non-hydrogen) atoms. The highest BCUT2D eigenvalue weighted by atomic mass is 32.2. The highest BCUT2D eigenvalue weighted by Gasteiger charge is 2.30. The number of aromatic carboxylic acids is 1. The lowest BCUT2D eigenvalue weighted by Crippen LogP contribution is -2.76. The molecule has 11 nitrogen and oxygen atoms in total. The molecule has 0 saturated carbocycles. The second-order valence-electron chi connectivity index (χ2n) is 7.93. The Balaban J connectivity index is 2.41. The van der Waals surface area contributed by atoms with Crippen molar-refractivity contribution in [3.05, 3.63) is 59.5 Å². The van der Waals surface area contributed by atoms with E-state index in [1.54, 1.807) is 19.9 Å². The quantitative estimate of drug-likeness (QED) is 0.224. The summed E-state index contributed by atoms with van der Waals surface area (Å²) in [6, 6.07) is 11.3. The normalized spacial score (nSPS) is 12.8. The summed E-state index contributed by atoms with van der Waals surface area (Å²) in [7, 11) is -10.4. The summed E-state index contributed by atoms with van der Waals surface area (Å²) < 4.78 is 80.3. The molecule has 4 rings (SSSR count). The van der Waals surface area contributed by atoms with Gasteiger partial charge in [-0.1, -0.05) is 18.2 Å². The number of hydrogen-bond donors (Lipinski definition) is 3. The standard InChI is InChI=1S/C24H22N2O9S2/c1-3-25-17-11-9-15-19(13-7-5-6-8-14(13)24(27)28)16-10-12-18(26-4-2)23(37(32,33)34)21(16)35-20(15)22(17)36(29,30)31/h5-12,25H,3-4H2,1-2H3,(H,27,28)(H,29,30,31)(H,32,33,34)/p-1. The van der Waals surface area contributed by atoms with Crippen molar-refractivity contribution in [2.24, 2.45) is 0 Å². The highest BCUT2D eigenvalue weighted by molar-refractivity contribution is 7.86. The second-order valence-corrected chi connectivity index (χ2v) is 10.6. The fraction of sp³-hybridized carbons (Fsp3) is 0.167. The largest absolute Gasteiger partial charge is 0.744 e. The molecule has 2 aromatic carbocycles. The average molecular weight is 546 g/mol. The van der Waals surface area contributed by atoms with E-state index in [1.165, 1.54) is 42.5 Å². The SMILES string of the molecule is CCNc1ccc2c(-c3ccccc3C(=O)O)c3ccc(=[NH+]CC)c(S(=O)(=O)[O-])c-3oc2c1S(=O)(=O)[O-]. The van der Waals surface area contributed by atoms with Gasteiger partial charge in [-0.3, -0.25) is 0 Å². The first-order chi connectivity index (χ1) is 17.4. The molecular formula is C24H21N2O9S2-. The first-order valence-electron chi connectivity index (χ1n) is 11.0. The topological polar surface area (TPSA) is 191 Å². The lowest BCUT2D eigenvalue weighted by molar-refractivity contribution is -0.498. The van der Waals surface area contributed by atoms with E-state index in [9.17, 15) is 35.8 Å². The molecule has 1 aliphatic heterocycles. The number of benzene rings is 3. The summed E-state index contributed by atoms with van der Waals surface area (Å²) in [5.74, 6) is -1.82. The summed E-state index contributed by atoms with van der Waals surface area (Å²) in [6.07, 6.45) is 0. The van der Waals surface area contributed by atoms with Crippen LogP contribution in [0.2, 0.25) is 0 Å². The number of carboxylic acids is 1. The molecule has 0 spiro atoms. The third kappa shape index (κ3) is 4.69. The van der Waals surface area contributed by atoms with Crippen molar-refractivity contribution < 1.29 is 45.3 Å². The van der Waals surface area contributed by atoms with E-state index in [4.69, 9.17) is 4.42 Å². The maximum Gasteiger partial charge on any atom is 0.336 e. The number of hydrogen-bond acceptors (Lipinski definition) is 9. The van der Waals surface area contributed by atoms with Crippen molar-refractivity contribution >= 4 is 42.9 Å². The first-order valence-corrected chi connectivity index (χ1v) is 13.8. The molecule has 0 unspecified atom stereocenters. The van der Waals surface area contributed by atoms with Crippen molar-refractivity contribution in [2.45, 2.75) is 23.6 Å². The molecule has 0 aromatic heterocycles. The molecule has 3 N–H and O–H groups in total. The van der Waals surface area contributed by atoms with Crippen LogP contribution in [0.3, 0.4) is 0 Å². The van der Waals surface area contributed by atoms with Crippen LogP contribution in [0.5, 0.6) is 0 Å². The Morgan fingerprint density at radius 2 is 1.62 bits per heavy atom. The number of fused-ring (bicyclic) bond motifs is 2. The van der Waals surface area contributed by atoms with Crippen molar-refractivity contribution in [2.75, 3.05) is 18.4 Å². The molecule has 0 atom stereocenters. The van der Waals surface area contributed by atoms with Gasteiger partial charge in [-0.15, -0.1) is 0 Å². The van der Waals surface area contributed by atoms with Crippen LogP contribution in [-0.4, -0.2) is 50.1 Å². The van der Waals surface area contributed by atoms with E-state index in [1.807, 2.05) is 0 Å². The minimum absolute atomic E-state index is 0.0303. The van der Waals surface area contributed by atoms with Gasteiger partial charge in [0.25, 0.3) is 0 Å². The fourth-order valence-electron chi connectivity index (χ4n) is 4.30. The van der Waals surface area contributed by atoms with Gasteiger partial charge < -0.3 is 23.9 Å². The van der Waals surface area contributed by atoms with Gasteiger partial charge in [-0.05, 0) is 43.7 Å². The minimum Gasteiger partial charge on any atom is -0.744 e. The molecule has 13 heteroatoms. The number of rotatable bonds is 7. The Bertz CT molecular complexity index is 1810. The van der Waals surface area contributed by atoms with E-state index >= 15 is 0 Å². The maximum atomic E-state index is 12.4. The molecule has 0 saturated heterocycles. The molecule has 0 bridgehead atoms. The van der Waals surface area contributed by atoms with Crippen LogP contribution in [0.25, 0.3) is 33.4 Å². The van der Waals surface area contributed by atoms with E-state index in [0.29, 0.717) is 0 Å². The van der Waals surface area contributed by atoms with E-state index in [2.05, 4.69) is 10.3 Å². The lowest BCUT2D eigenvalue weighted by Gasteiger charge is -2.22. The Hall–Kier alpha value is -3.78. The van der Waals surface area contributed by atoms with Gasteiger partial charge in [0.1, 0.15) is 31.7 Å². The Morgan fingerprint density at radius 1 is 0.946 bits per heavy atom. The van der Waals surface area contributed by atoms with Gasteiger partial charge in [0.15, 0.2) is 16.2 Å². The van der Waals surface area contributed by atoms with E-state index < -0.39 is 47.3 Å². The summed E-state index contributed by atoms with van der Waals surface area (Å²) in [5.41, 5.74) is -0.593. The predicted molar refractivity (Wildman–Crippen MR) is 130 cm³/mol. The van der Waals surface area contributed by atoms with Crippen LogP contribution in [0.4, 0.5) is 5.69 Å². The Kier molecular flexibility index (Phi) is 6.81. The molecule has 194 valence electrons. The van der Waals surface area contributed by atoms with Crippen molar-refractivity contribution in [3.63, 3.8) is 0 Å². The summed E-state index contributed by atoms with van der Waals surface area (Å²) >= 11 is 0. The third-order valence-corrected chi connectivity index (χ3v) is 7.44. The molecule has 2 aromatic rings. The van der Waals surface area contributed by atoms with E-state index in [0.717, 1.165) is 0 Å². The van der Waals surface area contributed by atoms with Gasteiger partial charge in [0.05, 0.1) is 11.3 Å². The van der Waals surface area contributed by atoms with Crippen LogP contribution in [-0.2, 0) is 20.2 Å². The molecular weight excluding hydrogens is 524 g/mol. The van der Waals surface area contributed by atoms with E-state index in [-0.39, 0.29) is 51.8 Å². The maximum absolute atomic E-state index is 12.4. The second kappa shape index (κ2) is 9.59. The van der Waals surface area contributed by atoms with Gasteiger partial charge in [0, 0.05) is 29.1 Å². The van der Waals surface area contributed by atoms with Crippen molar-refractivity contribution in [3.8, 4) is 22.5 Å². The van der Waals surface area contributed by atoms with Gasteiger partial charge in [-0.2, -0.15) is 0 Å². The summed E-state index contributed by atoms with van der Waals surface area (Å²) in [4.78, 5) is 13.2. The highest BCUT2D eigenvalue weighted by Crippen LogP contribution is 2.45. The lowest BCUT2D eigenvalue weighted by atomic mass is 9.90. The number of carboxylic acid groups (broad SMARTS) is 1. The average Bonchev–Trinajstić information content (AvgIpc) is 2.81. The van der Waals surface area contributed by atoms with Gasteiger partial charge in [0.2, 0.25) is 5.36 Å². The van der Waals surface area contributed by atoms with Crippen LogP contribution in [0, 0.1) is 0 Å². The van der Waals surface area contributed by atoms with Crippen molar-refractivity contribution in [1.82, 2.24) is 0 Å².